The Morgan fingerprint density at radius 1 is 1.03 bits per heavy atom. The molecule has 0 spiro atoms. The van der Waals surface area contributed by atoms with Crippen LogP contribution in [0.1, 0.15) is 77.0 Å². The van der Waals surface area contributed by atoms with Gasteiger partial charge in [0, 0.05) is 25.1 Å². The summed E-state index contributed by atoms with van der Waals surface area (Å²) < 4.78 is 5.40. The smallest absolute Gasteiger partial charge is 0.273 e. The van der Waals surface area contributed by atoms with Crippen LogP contribution in [0.2, 0.25) is 0 Å². The number of benzene rings is 2. The Morgan fingerprint density at radius 3 is 2.53 bits per heavy atom. The topological polar surface area (TPSA) is 101 Å². The van der Waals surface area contributed by atoms with Crippen LogP contribution < -0.4 is 11.1 Å². The number of likely N-dealkylation sites (tertiary alicyclic amines) is 1. The van der Waals surface area contributed by atoms with E-state index in [1.807, 2.05) is 47.4 Å². The molecular formula is C31H34N4O3. The number of aromatic nitrogens is 1. The van der Waals surface area contributed by atoms with Gasteiger partial charge < -0.3 is 20.5 Å². The highest BCUT2D eigenvalue weighted by Gasteiger charge is 2.34. The van der Waals surface area contributed by atoms with Gasteiger partial charge in [0.2, 0.25) is 5.91 Å². The van der Waals surface area contributed by atoms with Crippen molar-refractivity contribution in [2.24, 2.45) is 11.7 Å². The predicted octanol–water partition coefficient (Wildman–Crippen LogP) is 4.62. The molecule has 0 bridgehead atoms. The predicted molar refractivity (Wildman–Crippen MR) is 145 cm³/mol. The Morgan fingerprint density at radius 2 is 1.76 bits per heavy atom. The molecule has 2 fully saturated rings. The summed E-state index contributed by atoms with van der Waals surface area (Å²) >= 11 is 0. The zero-order valence-electron chi connectivity index (χ0n) is 21.5. The molecular weight excluding hydrogens is 476 g/mol. The van der Waals surface area contributed by atoms with E-state index in [-0.39, 0.29) is 23.8 Å². The summed E-state index contributed by atoms with van der Waals surface area (Å²) in [5.41, 5.74) is 11.5. The minimum absolute atomic E-state index is 0.00392. The normalized spacial score (nSPS) is 19.0. The molecule has 3 aliphatic rings. The lowest BCUT2D eigenvalue weighted by Gasteiger charge is -2.37. The van der Waals surface area contributed by atoms with Crippen molar-refractivity contribution < 1.29 is 14.1 Å². The van der Waals surface area contributed by atoms with Gasteiger partial charge in [0.1, 0.15) is 5.76 Å². The largest absolute Gasteiger partial charge is 0.360 e. The molecule has 0 radical (unpaired) electrons. The third kappa shape index (κ3) is 5.16. The first-order valence-electron chi connectivity index (χ1n) is 13.7. The number of allylic oxidation sites excluding steroid dienone is 1. The lowest BCUT2D eigenvalue weighted by atomic mass is 9.85. The van der Waals surface area contributed by atoms with Gasteiger partial charge in [-0.3, -0.25) is 9.59 Å². The number of hydrogen-bond donors (Lipinski definition) is 2. The quantitative estimate of drug-likeness (QED) is 0.461. The molecule has 2 atom stereocenters. The highest BCUT2D eigenvalue weighted by molar-refractivity contribution is 5.92. The third-order valence-corrected chi connectivity index (χ3v) is 8.20. The molecule has 2 aliphatic carbocycles. The summed E-state index contributed by atoms with van der Waals surface area (Å²) in [5, 5.41) is 7.24. The maximum absolute atomic E-state index is 13.3. The number of rotatable bonds is 8. The number of fused-ring (bicyclic) bond motifs is 1. The first-order chi connectivity index (χ1) is 18.6. The summed E-state index contributed by atoms with van der Waals surface area (Å²) in [6, 6.07) is 19.4. The van der Waals surface area contributed by atoms with Gasteiger partial charge in [-0.2, -0.15) is 0 Å². The monoisotopic (exact) mass is 510 g/mol. The van der Waals surface area contributed by atoms with Crippen molar-refractivity contribution in [2.75, 3.05) is 13.1 Å². The van der Waals surface area contributed by atoms with Crippen molar-refractivity contribution in [2.45, 2.75) is 56.5 Å². The van der Waals surface area contributed by atoms with Crippen molar-refractivity contribution in [3.05, 3.63) is 94.9 Å². The lowest BCUT2D eigenvalue weighted by Crippen LogP contribution is -2.48. The second-order valence-electron chi connectivity index (χ2n) is 10.8. The van der Waals surface area contributed by atoms with Crippen LogP contribution in [0.5, 0.6) is 0 Å². The van der Waals surface area contributed by atoms with Crippen LogP contribution in [0.25, 0.3) is 5.57 Å². The van der Waals surface area contributed by atoms with E-state index in [1.54, 1.807) is 6.07 Å². The van der Waals surface area contributed by atoms with E-state index in [2.05, 4.69) is 28.7 Å². The van der Waals surface area contributed by atoms with Gasteiger partial charge >= 0.3 is 0 Å². The summed E-state index contributed by atoms with van der Waals surface area (Å²) in [5.74, 6) is 1.18. The molecule has 2 amide bonds. The number of nitrogens with zero attached hydrogens (tertiary/aromatic N) is 2. The number of carbonyl (C=O) groups excluding carboxylic acids is 2. The number of nitrogens with one attached hydrogen (secondary N) is 1. The Hall–Kier alpha value is -3.71. The van der Waals surface area contributed by atoms with Gasteiger partial charge in [0.05, 0.1) is 12.1 Å². The summed E-state index contributed by atoms with van der Waals surface area (Å²) in [6.07, 6.45) is 7.41. The SMILES string of the molecule is N[C@H](CC1=CCc2ccccc21)C(=O)N1CCC(C(NC(=O)c2cc(C3CC3)on2)c2ccccc2)CC1. The average Bonchev–Trinajstić information content (AvgIpc) is 3.55. The molecule has 2 heterocycles. The third-order valence-electron chi connectivity index (χ3n) is 8.20. The molecule has 7 heteroatoms. The second-order valence-corrected chi connectivity index (χ2v) is 10.8. The Labute approximate surface area is 223 Å². The molecule has 1 saturated carbocycles. The fourth-order valence-corrected chi connectivity index (χ4v) is 5.87. The molecule has 1 unspecified atom stereocenters. The summed E-state index contributed by atoms with van der Waals surface area (Å²) in [7, 11) is 0. The van der Waals surface area contributed by atoms with Crippen molar-refractivity contribution in [1.82, 2.24) is 15.4 Å². The number of piperidine rings is 1. The van der Waals surface area contributed by atoms with Crippen LogP contribution in [0.15, 0.2) is 71.3 Å². The van der Waals surface area contributed by atoms with E-state index in [4.69, 9.17) is 10.3 Å². The van der Waals surface area contributed by atoms with E-state index in [1.165, 1.54) is 16.7 Å². The van der Waals surface area contributed by atoms with Gasteiger partial charge in [0.25, 0.3) is 5.91 Å². The summed E-state index contributed by atoms with van der Waals surface area (Å²) in [4.78, 5) is 28.3. The molecule has 196 valence electrons. The fraction of sp³-hybridized carbons (Fsp3) is 0.387. The molecule has 2 aromatic carbocycles. The molecule has 38 heavy (non-hydrogen) atoms. The number of nitrogens with two attached hydrogens (primary N) is 1. The van der Waals surface area contributed by atoms with Crippen LogP contribution in [0, 0.1) is 5.92 Å². The molecule has 1 aromatic heterocycles. The summed E-state index contributed by atoms with van der Waals surface area (Å²) in [6.45, 7) is 1.25. The molecule has 3 aromatic rings. The molecule has 3 N–H and O–H groups in total. The zero-order valence-corrected chi connectivity index (χ0v) is 21.5. The standard InChI is InChI=1S/C31H34N4O3/c32-26(18-24-13-10-20-6-4-5-9-25(20)24)31(37)35-16-14-23(15-17-35)29(22-7-2-1-3-8-22)33-30(36)27-19-28(38-34-27)21-11-12-21/h1-9,13,19,21,23,26,29H,10-12,14-18,32H2,(H,33,36)/t26-,29?/m1/s1. The van der Waals surface area contributed by atoms with Crippen LogP contribution >= 0.6 is 0 Å². The van der Waals surface area contributed by atoms with Gasteiger partial charge in [0.15, 0.2) is 5.69 Å². The van der Waals surface area contributed by atoms with Crippen molar-refractivity contribution in [1.29, 1.82) is 0 Å². The van der Waals surface area contributed by atoms with E-state index in [0.717, 1.165) is 43.4 Å². The highest BCUT2D eigenvalue weighted by Crippen LogP contribution is 2.40. The first-order valence-corrected chi connectivity index (χ1v) is 13.7. The van der Waals surface area contributed by atoms with Gasteiger partial charge in [-0.05, 0) is 66.7 Å². The van der Waals surface area contributed by atoms with Crippen LogP contribution in [-0.2, 0) is 11.2 Å². The van der Waals surface area contributed by atoms with Gasteiger partial charge in [-0.1, -0.05) is 65.8 Å². The van der Waals surface area contributed by atoms with E-state index in [0.29, 0.717) is 31.1 Å². The maximum atomic E-state index is 13.3. The minimum atomic E-state index is -0.554. The minimum Gasteiger partial charge on any atom is -0.360 e. The van der Waals surface area contributed by atoms with Crippen molar-refractivity contribution in [3.63, 3.8) is 0 Å². The van der Waals surface area contributed by atoms with Crippen molar-refractivity contribution >= 4 is 17.4 Å². The number of carbonyl (C=O) groups is 2. The Bertz CT molecular complexity index is 1340. The van der Waals surface area contributed by atoms with Crippen LogP contribution in [0.3, 0.4) is 0 Å². The molecule has 1 saturated heterocycles. The number of hydrogen-bond acceptors (Lipinski definition) is 5. The molecule has 1 aliphatic heterocycles. The van der Waals surface area contributed by atoms with Crippen LogP contribution in [0.4, 0.5) is 0 Å². The fourth-order valence-electron chi connectivity index (χ4n) is 5.87. The maximum Gasteiger partial charge on any atom is 0.273 e. The second kappa shape index (κ2) is 10.6. The Kier molecular flexibility index (Phi) is 6.85. The zero-order chi connectivity index (χ0) is 26.1. The molecule has 6 rings (SSSR count). The van der Waals surface area contributed by atoms with E-state index in [9.17, 15) is 9.59 Å². The Balaban J connectivity index is 1.09. The number of amides is 2. The van der Waals surface area contributed by atoms with E-state index < -0.39 is 6.04 Å². The molecule has 7 nitrogen and oxygen atoms in total. The highest BCUT2D eigenvalue weighted by atomic mass is 16.5. The van der Waals surface area contributed by atoms with E-state index >= 15 is 0 Å². The van der Waals surface area contributed by atoms with Gasteiger partial charge in [-0.15, -0.1) is 0 Å². The first kappa shape index (κ1) is 24.6. The van der Waals surface area contributed by atoms with Crippen molar-refractivity contribution in [3.8, 4) is 0 Å². The van der Waals surface area contributed by atoms with Crippen LogP contribution in [-0.4, -0.2) is 41.0 Å². The average molecular weight is 511 g/mol. The lowest BCUT2D eigenvalue weighted by molar-refractivity contribution is -0.134. The van der Waals surface area contributed by atoms with Gasteiger partial charge in [-0.25, -0.2) is 0 Å².